The van der Waals surface area contributed by atoms with Crippen LogP contribution in [0.5, 0.6) is 0 Å². The molecule has 5 heterocycles. The van der Waals surface area contributed by atoms with Gasteiger partial charge in [0.1, 0.15) is 17.6 Å². The van der Waals surface area contributed by atoms with E-state index in [0.717, 1.165) is 52.1 Å². The van der Waals surface area contributed by atoms with Crippen LogP contribution < -0.4 is 5.32 Å². The van der Waals surface area contributed by atoms with Crippen LogP contribution in [0.1, 0.15) is 25.2 Å². The van der Waals surface area contributed by atoms with Gasteiger partial charge in [-0.3, -0.25) is 0 Å². The summed E-state index contributed by atoms with van der Waals surface area (Å²) in [6.07, 6.45) is 3.41. The quantitative estimate of drug-likeness (QED) is 0.538. The summed E-state index contributed by atoms with van der Waals surface area (Å²) in [6.45, 7) is 8.10. The number of aromatic nitrogens is 5. The molecule has 2 N–H and O–H groups in total. The molecule has 0 fully saturated rings. The Kier molecular flexibility index (Phi) is 3.21. The van der Waals surface area contributed by atoms with Gasteiger partial charge in [0, 0.05) is 41.3 Å². The zero-order chi connectivity index (χ0) is 18.1. The lowest BCUT2D eigenvalue weighted by atomic mass is 10.0. The molecule has 0 aromatic carbocycles. The molecule has 7 heteroatoms. The summed E-state index contributed by atoms with van der Waals surface area (Å²) in [6, 6.07) is 3.89. The second kappa shape index (κ2) is 5.28. The SMILES string of the molecule is Cc1ncnc2c1c(-c1[nH]c3ncccc3c1Cl)c1n2C(C)(C)CNC1. The van der Waals surface area contributed by atoms with Gasteiger partial charge in [-0.15, -0.1) is 0 Å². The summed E-state index contributed by atoms with van der Waals surface area (Å²) < 4.78 is 2.33. The van der Waals surface area contributed by atoms with Gasteiger partial charge < -0.3 is 14.9 Å². The van der Waals surface area contributed by atoms with Crippen molar-refractivity contribution < 1.29 is 0 Å². The van der Waals surface area contributed by atoms with Crippen LogP contribution in [0.15, 0.2) is 24.7 Å². The van der Waals surface area contributed by atoms with E-state index in [-0.39, 0.29) is 5.54 Å². The Morgan fingerprint density at radius 3 is 2.88 bits per heavy atom. The van der Waals surface area contributed by atoms with Crippen LogP contribution in [0, 0.1) is 6.92 Å². The monoisotopic (exact) mass is 366 g/mol. The van der Waals surface area contributed by atoms with Crippen LogP contribution in [-0.4, -0.2) is 31.0 Å². The molecule has 4 aromatic heterocycles. The van der Waals surface area contributed by atoms with E-state index in [0.29, 0.717) is 5.02 Å². The Hall–Kier alpha value is -2.44. The minimum Gasteiger partial charge on any atom is -0.338 e. The van der Waals surface area contributed by atoms with Crippen LogP contribution in [0.4, 0.5) is 0 Å². The highest BCUT2D eigenvalue weighted by Crippen LogP contribution is 2.43. The second-order valence-electron chi connectivity index (χ2n) is 7.44. The molecule has 0 saturated carbocycles. The average Bonchev–Trinajstić information content (AvgIpc) is 3.12. The molecule has 0 bridgehead atoms. The predicted octanol–water partition coefficient (Wildman–Crippen LogP) is 3.77. The standard InChI is InChI=1S/C19H19ClN6/c1-10-13-14(16-15(20)11-5-4-6-22-17(11)25-16)12-7-21-8-19(2,3)26(12)18(13)24-9-23-10/h4-6,9,21H,7-8H2,1-3H3,(H,22,25). The van der Waals surface area contributed by atoms with E-state index >= 15 is 0 Å². The Bertz CT molecular complexity index is 1170. The molecule has 0 spiro atoms. The number of aryl methyl sites for hydroxylation is 1. The Labute approximate surface area is 155 Å². The zero-order valence-electron chi connectivity index (χ0n) is 14.9. The van der Waals surface area contributed by atoms with Crippen LogP contribution in [0.3, 0.4) is 0 Å². The number of fused-ring (bicyclic) bond motifs is 4. The zero-order valence-corrected chi connectivity index (χ0v) is 15.6. The molecule has 6 nitrogen and oxygen atoms in total. The van der Waals surface area contributed by atoms with E-state index < -0.39 is 0 Å². The first-order chi connectivity index (χ1) is 12.5. The van der Waals surface area contributed by atoms with Crippen molar-refractivity contribution in [3.05, 3.63) is 41.1 Å². The van der Waals surface area contributed by atoms with Gasteiger partial charge in [-0.25, -0.2) is 15.0 Å². The highest BCUT2D eigenvalue weighted by atomic mass is 35.5. The van der Waals surface area contributed by atoms with Gasteiger partial charge in [0.2, 0.25) is 0 Å². The fraction of sp³-hybridized carbons (Fsp3) is 0.316. The van der Waals surface area contributed by atoms with E-state index in [1.807, 2.05) is 19.1 Å². The molecule has 0 atom stereocenters. The van der Waals surface area contributed by atoms with Crippen LogP contribution in [0.25, 0.3) is 33.3 Å². The van der Waals surface area contributed by atoms with Gasteiger partial charge in [0.05, 0.1) is 21.9 Å². The summed E-state index contributed by atoms with van der Waals surface area (Å²) in [4.78, 5) is 16.9. The summed E-state index contributed by atoms with van der Waals surface area (Å²) in [5.41, 5.74) is 5.73. The number of aromatic amines is 1. The third kappa shape index (κ3) is 2.00. The highest BCUT2D eigenvalue weighted by Gasteiger charge is 2.34. The number of H-pyrrole nitrogens is 1. The fourth-order valence-corrected chi connectivity index (χ4v) is 4.42. The molecule has 0 radical (unpaired) electrons. The van der Waals surface area contributed by atoms with Crippen molar-refractivity contribution in [1.29, 1.82) is 0 Å². The highest BCUT2D eigenvalue weighted by molar-refractivity contribution is 6.38. The summed E-state index contributed by atoms with van der Waals surface area (Å²) >= 11 is 6.77. The maximum atomic E-state index is 6.77. The first-order valence-electron chi connectivity index (χ1n) is 8.67. The molecule has 5 rings (SSSR count). The molecule has 0 saturated heterocycles. The number of nitrogens with one attached hydrogen (secondary N) is 2. The smallest absolute Gasteiger partial charge is 0.145 e. The van der Waals surface area contributed by atoms with Crippen molar-refractivity contribution in [2.24, 2.45) is 0 Å². The Balaban J connectivity index is 1.96. The van der Waals surface area contributed by atoms with E-state index in [1.54, 1.807) is 12.5 Å². The fourth-order valence-electron chi connectivity index (χ4n) is 4.12. The molecule has 26 heavy (non-hydrogen) atoms. The maximum absolute atomic E-state index is 6.77. The summed E-state index contributed by atoms with van der Waals surface area (Å²) in [5.74, 6) is 0. The lowest BCUT2D eigenvalue weighted by Gasteiger charge is -2.34. The molecule has 4 aromatic rings. The summed E-state index contributed by atoms with van der Waals surface area (Å²) in [7, 11) is 0. The van der Waals surface area contributed by atoms with Crippen molar-refractivity contribution >= 4 is 33.7 Å². The first kappa shape index (κ1) is 15.8. The number of hydrogen-bond donors (Lipinski definition) is 2. The topological polar surface area (TPSA) is 71.4 Å². The van der Waals surface area contributed by atoms with Crippen LogP contribution >= 0.6 is 11.6 Å². The second-order valence-corrected chi connectivity index (χ2v) is 7.82. The Morgan fingerprint density at radius 2 is 2.08 bits per heavy atom. The van der Waals surface area contributed by atoms with E-state index in [9.17, 15) is 0 Å². The number of hydrogen-bond acceptors (Lipinski definition) is 4. The van der Waals surface area contributed by atoms with Crippen molar-refractivity contribution in [2.75, 3.05) is 6.54 Å². The third-order valence-corrected chi connectivity index (χ3v) is 5.64. The largest absolute Gasteiger partial charge is 0.338 e. The number of nitrogens with zero attached hydrogens (tertiary/aromatic N) is 4. The molecule has 1 aliphatic heterocycles. The first-order valence-corrected chi connectivity index (χ1v) is 9.05. The number of pyridine rings is 1. The van der Waals surface area contributed by atoms with Gasteiger partial charge in [0.25, 0.3) is 0 Å². The Morgan fingerprint density at radius 1 is 1.23 bits per heavy atom. The number of halogens is 1. The lowest BCUT2D eigenvalue weighted by Crippen LogP contribution is -2.44. The van der Waals surface area contributed by atoms with Crippen molar-refractivity contribution in [3.8, 4) is 11.3 Å². The molecule has 0 amide bonds. The van der Waals surface area contributed by atoms with Crippen molar-refractivity contribution in [1.82, 2.24) is 29.8 Å². The van der Waals surface area contributed by atoms with Gasteiger partial charge in [-0.05, 0) is 32.9 Å². The predicted molar refractivity (Wildman–Crippen MR) is 103 cm³/mol. The molecule has 1 aliphatic rings. The minimum atomic E-state index is -0.0956. The van der Waals surface area contributed by atoms with E-state index in [1.165, 1.54) is 5.69 Å². The van der Waals surface area contributed by atoms with Crippen molar-refractivity contribution in [3.63, 3.8) is 0 Å². The minimum absolute atomic E-state index is 0.0956. The maximum Gasteiger partial charge on any atom is 0.145 e. The van der Waals surface area contributed by atoms with Crippen LogP contribution in [-0.2, 0) is 12.1 Å². The summed E-state index contributed by atoms with van der Waals surface area (Å²) in [5, 5.41) is 6.20. The van der Waals surface area contributed by atoms with Gasteiger partial charge in [0.15, 0.2) is 0 Å². The molecule has 0 unspecified atom stereocenters. The van der Waals surface area contributed by atoms with Gasteiger partial charge in [-0.1, -0.05) is 11.6 Å². The van der Waals surface area contributed by atoms with Crippen molar-refractivity contribution in [2.45, 2.75) is 32.9 Å². The third-order valence-electron chi connectivity index (χ3n) is 5.25. The normalized spacial score (nSPS) is 16.3. The number of rotatable bonds is 1. The average molecular weight is 367 g/mol. The van der Waals surface area contributed by atoms with Gasteiger partial charge >= 0.3 is 0 Å². The molecule has 132 valence electrons. The molecular weight excluding hydrogens is 348 g/mol. The molecule has 0 aliphatic carbocycles. The lowest BCUT2D eigenvalue weighted by molar-refractivity contribution is 0.298. The molecular formula is C19H19ClN6. The van der Waals surface area contributed by atoms with E-state index in [2.05, 4.69) is 43.7 Å². The van der Waals surface area contributed by atoms with E-state index in [4.69, 9.17) is 11.6 Å². The van der Waals surface area contributed by atoms with Gasteiger partial charge in [-0.2, -0.15) is 0 Å². The van der Waals surface area contributed by atoms with Crippen LogP contribution in [0.2, 0.25) is 5.02 Å².